The standard InChI is InChI=1S/C20H21FN6/c1-15-5-4-6-16(13-15)26-9-11-27(12-10-26)20-24-19(14-22-25-20)23-18-8-3-2-7-17(18)21/h2-8,13-14H,9-12H2,1H3,(H,23,24,25). The second kappa shape index (κ2) is 7.57. The summed E-state index contributed by atoms with van der Waals surface area (Å²) in [5.74, 6) is 0.705. The van der Waals surface area contributed by atoms with E-state index in [4.69, 9.17) is 0 Å². The molecule has 0 bridgehead atoms. The summed E-state index contributed by atoms with van der Waals surface area (Å²) >= 11 is 0. The minimum atomic E-state index is -0.329. The molecule has 1 N–H and O–H groups in total. The number of anilines is 4. The van der Waals surface area contributed by atoms with E-state index in [9.17, 15) is 4.39 Å². The topological polar surface area (TPSA) is 57.2 Å². The van der Waals surface area contributed by atoms with E-state index in [0.29, 0.717) is 17.5 Å². The third kappa shape index (κ3) is 3.97. The molecule has 2 aromatic carbocycles. The van der Waals surface area contributed by atoms with E-state index in [1.54, 1.807) is 18.2 Å². The molecule has 0 unspecified atom stereocenters. The second-order valence-corrected chi connectivity index (χ2v) is 6.56. The molecular weight excluding hydrogens is 343 g/mol. The largest absolute Gasteiger partial charge is 0.368 e. The van der Waals surface area contributed by atoms with Crippen LogP contribution in [0.15, 0.2) is 54.7 Å². The van der Waals surface area contributed by atoms with Gasteiger partial charge in [-0.2, -0.15) is 10.1 Å². The number of hydrogen-bond donors (Lipinski definition) is 1. The average molecular weight is 364 g/mol. The van der Waals surface area contributed by atoms with Crippen molar-refractivity contribution in [2.45, 2.75) is 6.92 Å². The number of aryl methyl sites for hydroxylation is 1. The lowest BCUT2D eigenvalue weighted by atomic mass is 10.2. The zero-order chi connectivity index (χ0) is 18.6. The van der Waals surface area contributed by atoms with Crippen molar-refractivity contribution in [1.82, 2.24) is 15.2 Å². The van der Waals surface area contributed by atoms with Crippen LogP contribution in [0.5, 0.6) is 0 Å². The van der Waals surface area contributed by atoms with Crippen molar-refractivity contribution in [3.63, 3.8) is 0 Å². The highest BCUT2D eigenvalue weighted by Gasteiger charge is 2.20. The summed E-state index contributed by atoms with van der Waals surface area (Å²) in [7, 11) is 0. The maximum absolute atomic E-state index is 13.8. The fraction of sp³-hybridized carbons (Fsp3) is 0.250. The molecule has 3 aromatic rings. The Labute approximate surface area is 157 Å². The van der Waals surface area contributed by atoms with Crippen LogP contribution in [0.25, 0.3) is 0 Å². The lowest BCUT2D eigenvalue weighted by Gasteiger charge is -2.36. The number of rotatable bonds is 4. The average Bonchev–Trinajstić information content (AvgIpc) is 2.70. The number of piperazine rings is 1. The molecule has 0 amide bonds. The van der Waals surface area contributed by atoms with Gasteiger partial charge in [-0.3, -0.25) is 0 Å². The van der Waals surface area contributed by atoms with Gasteiger partial charge in [0.05, 0.1) is 11.9 Å². The van der Waals surface area contributed by atoms with E-state index >= 15 is 0 Å². The number of benzene rings is 2. The summed E-state index contributed by atoms with van der Waals surface area (Å²) < 4.78 is 13.8. The normalized spacial score (nSPS) is 14.3. The maximum Gasteiger partial charge on any atom is 0.247 e. The Hall–Kier alpha value is -3.22. The highest BCUT2D eigenvalue weighted by Crippen LogP contribution is 2.21. The van der Waals surface area contributed by atoms with E-state index in [-0.39, 0.29) is 5.82 Å². The molecule has 4 rings (SSSR count). The van der Waals surface area contributed by atoms with Crippen LogP contribution in [0, 0.1) is 12.7 Å². The molecule has 0 spiro atoms. The fourth-order valence-corrected chi connectivity index (χ4v) is 3.18. The van der Waals surface area contributed by atoms with Gasteiger partial charge in [-0.15, -0.1) is 5.10 Å². The van der Waals surface area contributed by atoms with Crippen molar-refractivity contribution in [2.75, 3.05) is 41.3 Å². The number of halogens is 1. The fourth-order valence-electron chi connectivity index (χ4n) is 3.18. The van der Waals surface area contributed by atoms with Gasteiger partial charge >= 0.3 is 0 Å². The lowest BCUT2D eigenvalue weighted by Crippen LogP contribution is -2.47. The van der Waals surface area contributed by atoms with Crippen LogP contribution in [0.4, 0.5) is 27.5 Å². The Morgan fingerprint density at radius 1 is 0.963 bits per heavy atom. The van der Waals surface area contributed by atoms with E-state index in [2.05, 4.69) is 61.5 Å². The van der Waals surface area contributed by atoms with Gasteiger partial charge in [-0.25, -0.2) is 4.39 Å². The molecule has 6 nitrogen and oxygen atoms in total. The number of nitrogens with one attached hydrogen (secondary N) is 1. The molecule has 138 valence electrons. The highest BCUT2D eigenvalue weighted by atomic mass is 19.1. The number of nitrogens with zero attached hydrogens (tertiary/aromatic N) is 5. The van der Waals surface area contributed by atoms with Gasteiger partial charge in [0.1, 0.15) is 5.82 Å². The Balaban J connectivity index is 1.43. The Kier molecular flexibility index (Phi) is 4.82. The van der Waals surface area contributed by atoms with Gasteiger partial charge in [-0.05, 0) is 36.8 Å². The molecule has 1 aromatic heterocycles. The van der Waals surface area contributed by atoms with E-state index in [1.807, 2.05) is 0 Å². The summed E-state index contributed by atoms with van der Waals surface area (Å²) in [4.78, 5) is 8.96. The van der Waals surface area contributed by atoms with Crippen LogP contribution in [0.3, 0.4) is 0 Å². The summed E-state index contributed by atoms with van der Waals surface area (Å²) in [6, 6.07) is 15.0. The molecule has 0 aliphatic carbocycles. The SMILES string of the molecule is Cc1cccc(N2CCN(c3nncc(Nc4ccccc4F)n3)CC2)c1. The second-order valence-electron chi connectivity index (χ2n) is 6.56. The molecule has 0 saturated carbocycles. The van der Waals surface area contributed by atoms with Crippen molar-refractivity contribution in [3.05, 3.63) is 66.1 Å². The van der Waals surface area contributed by atoms with E-state index in [0.717, 1.165) is 26.2 Å². The minimum Gasteiger partial charge on any atom is -0.368 e. The van der Waals surface area contributed by atoms with E-state index < -0.39 is 0 Å². The predicted octanol–water partition coefficient (Wildman–Crippen LogP) is 3.39. The maximum atomic E-state index is 13.8. The molecule has 1 aliphatic heterocycles. The van der Waals surface area contributed by atoms with Crippen LogP contribution in [-0.4, -0.2) is 41.4 Å². The van der Waals surface area contributed by atoms with Crippen LogP contribution < -0.4 is 15.1 Å². The number of hydrogen-bond acceptors (Lipinski definition) is 6. The monoisotopic (exact) mass is 364 g/mol. The molecule has 1 aliphatic rings. The molecule has 7 heteroatoms. The quantitative estimate of drug-likeness (QED) is 0.766. The summed E-state index contributed by atoms with van der Waals surface area (Å²) in [6.07, 6.45) is 1.50. The molecule has 1 saturated heterocycles. The van der Waals surface area contributed by atoms with Gasteiger partial charge in [0.15, 0.2) is 5.82 Å². The third-order valence-electron chi connectivity index (χ3n) is 4.61. The first-order valence-electron chi connectivity index (χ1n) is 8.97. The Morgan fingerprint density at radius 3 is 2.52 bits per heavy atom. The van der Waals surface area contributed by atoms with Gasteiger partial charge < -0.3 is 15.1 Å². The Bertz CT molecular complexity index is 924. The van der Waals surface area contributed by atoms with Crippen molar-refractivity contribution < 1.29 is 4.39 Å². The van der Waals surface area contributed by atoms with Crippen molar-refractivity contribution in [2.24, 2.45) is 0 Å². The van der Waals surface area contributed by atoms with Gasteiger partial charge in [0.2, 0.25) is 5.95 Å². The Morgan fingerprint density at radius 2 is 1.74 bits per heavy atom. The summed E-state index contributed by atoms with van der Waals surface area (Å²) in [5, 5.41) is 11.1. The van der Waals surface area contributed by atoms with E-state index in [1.165, 1.54) is 23.5 Å². The van der Waals surface area contributed by atoms with Crippen LogP contribution in [-0.2, 0) is 0 Å². The zero-order valence-electron chi connectivity index (χ0n) is 15.1. The summed E-state index contributed by atoms with van der Waals surface area (Å²) in [5.41, 5.74) is 2.87. The van der Waals surface area contributed by atoms with Crippen LogP contribution >= 0.6 is 0 Å². The first-order valence-corrected chi connectivity index (χ1v) is 8.97. The van der Waals surface area contributed by atoms with Crippen molar-refractivity contribution in [3.8, 4) is 0 Å². The molecule has 1 fully saturated rings. The van der Waals surface area contributed by atoms with Gasteiger partial charge in [0.25, 0.3) is 0 Å². The number of para-hydroxylation sites is 1. The van der Waals surface area contributed by atoms with Gasteiger partial charge in [-0.1, -0.05) is 24.3 Å². The lowest BCUT2D eigenvalue weighted by molar-refractivity contribution is 0.630. The molecule has 0 radical (unpaired) electrons. The van der Waals surface area contributed by atoms with Gasteiger partial charge in [0, 0.05) is 31.9 Å². The predicted molar refractivity (Wildman–Crippen MR) is 105 cm³/mol. The molecule has 0 atom stereocenters. The highest BCUT2D eigenvalue weighted by molar-refractivity contribution is 5.57. The minimum absolute atomic E-state index is 0.329. The molecular formula is C20H21FN6. The van der Waals surface area contributed by atoms with Crippen LogP contribution in [0.1, 0.15) is 5.56 Å². The third-order valence-corrected chi connectivity index (χ3v) is 4.61. The first-order chi connectivity index (χ1) is 13.2. The first kappa shape index (κ1) is 17.2. The zero-order valence-corrected chi connectivity index (χ0v) is 15.1. The summed E-state index contributed by atoms with van der Waals surface area (Å²) in [6.45, 7) is 5.49. The smallest absolute Gasteiger partial charge is 0.247 e. The van der Waals surface area contributed by atoms with Crippen molar-refractivity contribution >= 4 is 23.1 Å². The molecule has 2 heterocycles. The molecule has 27 heavy (non-hydrogen) atoms. The number of aromatic nitrogens is 3. The van der Waals surface area contributed by atoms with Crippen molar-refractivity contribution in [1.29, 1.82) is 0 Å². The van der Waals surface area contributed by atoms with Crippen LogP contribution in [0.2, 0.25) is 0 Å².